The summed E-state index contributed by atoms with van der Waals surface area (Å²) in [6.45, 7) is 6.91. The molecule has 4 heteroatoms. The van der Waals surface area contributed by atoms with E-state index in [9.17, 15) is 8.78 Å². The minimum absolute atomic E-state index is 0.0547. The highest BCUT2D eigenvalue weighted by atomic mass is 19.1. The smallest absolute Gasteiger partial charge is 0.128 e. The van der Waals surface area contributed by atoms with Crippen LogP contribution >= 0.6 is 0 Å². The molecule has 1 aromatic rings. The number of hydrogen-bond acceptors (Lipinski definition) is 2. The second-order valence-corrected chi connectivity index (χ2v) is 4.06. The molecule has 1 rings (SSSR count). The van der Waals surface area contributed by atoms with E-state index in [-0.39, 0.29) is 12.1 Å². The van der Waals surface area contributed by atoms with Crippen LogP contribution in [0.1, 0.15) is 32.4 Å². The Morgan fingerprint density at radius 3 is 2.65 bits per heavy atom. The van der Waals surface area contributed by atoms with Crippen molar-refractivity contribution in [2.24, 2.45) is 0 Å². The quantitative estimate of drug-likeness (QED) is 0.829. The Morgan fingerprint density at radius 1 is 1.29 bits per heavy atom. The van der Waals surface area contributed by atoms with Crippen LogP contribution in [0.15, 0.2) is 18.2 Å². The van der Waals surface area contributed by atoms with Gasteiger partial charge in [0.05, 0.1) is 6.10 Å². The molecule has 0 aliphatic carbocycles. The molecule has 0 amide bonds. The van der Waals surface area contributed by atoms with Crippen LogP contribution in [-0.4, -0.2) is 19.3 Å². The van der Waals surface area contributed by atoms with Gasteiger partial charge >= 0.3 is 0 Å². The number of nitrogens with one attached hydrogen (secondary N) is 1. The van der Waals surface area contributed by atoms with Gasteiger partial charge in [0.1, 0.15) is 11.6 Å². The van der Waals surface area contributed by atoms with Gasteiger partial charge in [-0.15, -0.1) is 0 Å². The van der Waals surface area contributed by atoms with E-state index in [1.807, 2.05) is 13.8 Å². The monoisotopic (exact) mass is 243 g/mol. The molecule has 0 bridgehead atoms. The number of halogens is 2. The molecule has 0 radical (unpaired) electrons. The third-order valence-electron chi connectivity index (χ3n) is 2.59. The average molecular weight is 243 g/mol. The Morgan fingerprint density at radius 2 is 2.00 bits per heavy atom. The zero-order valence-electron chi connectivity index (χ0n) is 10.5. The first-order valence-corrected chi connectivity index (χ1v) is 5.84. The summed E-state index contributed by atoms with van der Waals surface area (Å²) in [6, 6.07) is 3.25. The summed E-state index contributed by atoms with van der Waals surface area (Å²) in [7, 11) is 0. The van der Waals surface area contributed by atoms with Crippen molar-refractivity contribution in [1.29, 1.82) is 0 Å². The SMILES string of the molecule is CCOC(C)CNC(C)c1cc(F)ccc1F. The van der Waals surface area contributed by atoms with Crippen molar-refractivity contribution in [2.75, 3.05) is 13.2 Å². The van der Waals surface area contributed by atoms with Gasteiger partial charge in [0.15, 0.2) is 0 Å². The van der Waals surface area contributed by atoms with Crippen LogP contribution < -0.4 is 5.32 Å². The summed E-state index contributed by atoms with van der Waals surface area (Å²) in [6.07, 6.45) is 0.0547. The van der Waals surface area contributed by atoms with Gasteiger partial charge in [-0.1, -0.05) is 0 Å². The van der Waals surface area contributed by atoms with Crippen molar-refractivity contribution in [2.45, 2.75) is 32.9 Å². The maximum atomic E-state index is 13.5. The normalized spacial score (nSPS) is 14.6. The lowest BCUT2D eigenvalue weighted by Gasteiger charge is -2.18. The molecular weight excluding hydrogens is 224 g/mol. The van der Waals surface area contributed by atoms with Crippen molar-refractivity contribution in [3.63, 3.8) is 0 Å². The van der Waals surface area contributed by atoms with Gasteiger partial charge in [0, 0.05) is 24.8 Å². The minimum Gasteiger partial charge on any atom is -0.377 e. The first kappa shape index (κ1) is 14.1. The number of ether oxygens (including phenoxy) is 1. The Bertz CT molecular complexity index is 357. The molecule has 2 nitrogen and oxygen atoms in total. The highest BCUT2D eigenvalue weighted by molar-refractivity contribution is 5.21. The van der Waals surface area contributed by atoms with Gasteiger partial charge in [-0.25, -0.2) is 8.78 Å². The van der Waals surface area contributed by atoms with E-state index >= 15 is 0 Å². The molecule has 0 heterocycles. The molecule has 1 N–H and O–H groups in total. The van der Waals surface area contributed by atoms with E-state index in [0.717, 1.165) is 12.1 Å². The summed E-state index contributed by atoms with van der Waals surface area (Å²) < 4.78 is 31.8. The van der Waals surface area contributed by atoms with Crippen LogP contribution in [0.25, 0.3) is 0 Å². The van der Waals surface area contributed by atoms with Crippen LogP contribution in [0.4, 0.5) is 8.78 Å². The molecule has 0 spiro atoms. The lowest BCUT2D eigenvalue weighted by molar-refractivity contribution is 0.0742. The van der Waals surface area contributed by atoms with Crippen LogP contribution in [0.3, 0.4) is 0 Å². The Balaban J connectivity index is 2.57. The first-order chi connectivity index (χ1) is 8.04. The fraction of sp³-hybridized carbons (Fsp3) is 0.538. The zero-order valence-corrected chi connectivity index (χ0v) is 10.5. The van der Waals surface area contributed by atoms with Gasteiger partial charge in [-0.05, 0) is 39.0 Å². The number of rotatable bonds is 6. The molecule has 96 valence electrons. The zero-order chi connectivity index (χ0) is 12.8. The second kappa shape index (κ2) is 6.67. The van der Waals surface area contributed by atoms with E-state index in [0.29, 0.717) is 18.7 Å². The largest absolute Gasteiger partial charge is 0.377 e. The van der Waals surface area contributed by atoms with Gasteiger partial charge in [0.25, 0.3) is 0 Å². The molecule has 0 saturated heterocycles. The van der Waals surface area contributed by atoms with E-state index in [4.69, 9.17) is 4.74 Å². The van der Waals surface area contributed by atoms with E-state index in [2.05, 4.69) is 5.32 Å². The Kier molecular flexibility index (Phi) is 5.51. The molecule has 0 aromatic heterocycles. The first-order valence-electron chi connectivity index (χ1n) is 5.84. The van der Waals surface area contributed by atoms with Crippen molar-refractivity contribution in [3.8, 4) is 0 Å². The third-order valence-corrected chi connectivity index (χ3v) is 2.59. The molecule has 0 saturated carbocycles. The molecular formula is C13H19F2NO. The van der Waals surface area contributed by atoms with Crippen LogP contribution in [0.5, 0.6) is 0 Å². The van der Waals surface area contributed by atoms with Crippen molar-refractivity contribution < 1.29 is 13.5 Å². The maximum absolute atomic E-state index is 13.5. The number of hydrogen-bond donors (Lipinski definition) is 1. The Hall–Kier alpha value is -1.00. The van der Waals surface area contributed by atoms with Crippen LogP contribution in [0, 0.1) is 11.6 Å². The number of benzene rings is 1. The fourth-order valence-electron chi connectivity index (χ4n) is 1.64. The predicted molar refractivity (Wildman–Crippen MR) is 63.9 cm³/mol. The van der Waals surface area contributed by atoms with E-state index in [1.54, 1.807) is 6.92 Å². The molecule has 2 atom stereocenters. The standard InChI is InChI=1S/C13H19F2NO/c1-4-17-9(2)8-16-10(3)12-7-11(14)5-6-13(12)15/h5-7,9-10,16H,4,8H2,1-3H3. The topological polar surface area (TPSA) is 21.3 Å². The minimum atomic E-state index is -0.423. The van der Waals surface area contributed by atoms with Crippen LogP contribution in [-0.2, 0) is 4.74 Å². The predicted octanol–water partition coefficient (Wildman–Crippen LogP) is 3.04. The molecule has 2 unspecified atom stereocenters. The summed E-state index contributed by atoms with van der Waals surface area (Å²) >= 11 is 0. The lowest BCUT2D eigenvalue weighted by Crippen LogP contribution is -2.29. The summed E-state index contributed by atoms with van der Waals surface area (Å²) in [5.41, 5.74) is 0.341. The maximum Gasteiger partial charge on any atom is 0.128 e. The van der Waals surface area contributed by atoms with Gasteiger partial charge in [-0.3, -0.25) is 0 Å². The Labute approximate surface area is 101 Å². The van der Waals surface area contributed by atoms with Gasteiger partial charge in [0.2, 0.25) is 0 Å². The van der Waals surface area contributed by atoms with Crippen LogP contribution in [0.2, 0.25) is 0 Å². The van der Waals surface area contributed by atoms with Gasteiger partial charge < -0.3 is 10.1 Å². The fourth-order valence-corrected chi connectivity index (χ4v) is 1.64. The highest BCUT2D eigenvalue weighted by Gasteiger charge is 2.12. The second-order valence-electron chi connectivity index (χ2n) is 4.06. The third kappa shape index (κ3) is 4.40. The van der Waals surface area contributed by atoms with Crippen molar-refractivity contribution >= 4 is 0 Å². The summed E-state index contributed by atoms with van der Waals surface area (Å²) in [5.74, 6) is -0.816. The van der Waals surface area contributed by atoms with Crippen molar-refractivity contribution in [3.05, 3.63) is 35.4 Å². The average Bonchev–Trinajstić information content (AvgIpc) is 2.29. The molecule has 0 aliphatic heterocycles. The molecule has 0 aliphatic rings. The molecule has 0 fully saturated rings. The summed E-state index contributed by atoms with van der Waals surface area (Å²) in [5, 5.41) is 3.12. The van der Waals surface area contributed by atoms with E-state index in [1.165, 1.54) is 6.07 Å². The van der Waals surface area contributed by atoms with Crippen molar-refractivity contribution in [1.82, 2.24) is 5.32 Å². The van der Waals surface area contributed by atoms with E-state index < -0.39 is 11.6 Å². The lowest BCUT2D eigenvalue weighted by atomic mass is 10.1. The summed E-state index contributed by atoms with van der Waals surface area (Å²) in [4.78, 5) is 0. The molecule has 17 heavy (non-hydrogen) atoms. The molecule has 1 aromatic carbocycles. The van der Waals surface area contributed by atoms with Gasteiger partial charge in [-0.2, -0.15) is 0 Å². The highest BCUT2D eigenvalue weighted by Crippen LogP contribution is 2.17.